The molecule has 0 radical (unpaired) electrons. The van der Waals surface area contributed by atoms with E-state index < -0.39 is 41.1 Å². The van der Waals surface area contributed by atoms with Gasteiger partial charge >= 0.3 is 0 Å². The van der Waals surface area contributed by atoms with Crippen LogP contribution in [0, 0.1) is 23.3 Å². The molecular formula is C11H11F4NO. The van der Waals surface area contributed by atoms with Gasteiger partial charge in [0, 0.05) is 6.07 Å². The first-order chi connectivity index (χ1) is 8.00. The number of halogens is 4. The molecule has 2 N–H and O–H groups in total. The minimum atomic E-state index is -1.47. The molecule has 2 atom stereocenters. The van der Waals surface area contributed by atoms with Crippen LogP contribution in [-0.2, 0) is 0 Å². The van der Waals surface area contributed by atoms with Gasteiger partial charge < -0.3 is 10.4 Å². The third-order valence-electron chi connectivity index (χ3n) is 2.92. The van der Waals surface area contributed by atoms with Crippen LogP contribution in [0.5, 0.6) is 0 Å². The molecule has 1 aromatic rings. The second-order valence-electron chi connectivity index (χ2n) is 4.09. The molecule has 2 rings (SSSR count). The van der Waals surface area contributed by atoms with Crippen LogP contribution < -0.4 is 5.32 Å². The minimum absolute atomic E-state index is 0.154. The van der Waals surface area contributed by atoms with Crippen molar-refractivity contribution in [2.45, 2.75) is 31.4 Å². The van der Waals surface area contributed by atoms with Gasteiger partial charge in [-0.3, -0.25) is 0 Å². The second kappa shape index (κ2) is 4.52. The van der Waals surface area contributed by atoms with E-state index in [0.29, 0.717) is 19.3 Å². The number of aliphatic hydroxyl groups excluding tert-OH is 1. The van der Waals surface area contributed by atoms with Gasteiger partial charge in [0.25, 0.3) is 0 Å². The van der Waals surface area contributed by atoms with Gasteiger partial charge in [-0.1, -0.05) is 0 Å². The van der Waals surface area contributed by atoms with Crippen molar-refractivity contribution in [3.05, 3.63) is 29.3 Å². The van der Waals surface area contributed by atoms with Crippen LogP contribution in [0.3, 0.4) is 0 Å². The zero-order valence-electron chi connectivity index (χ0n) is 8.81. The fraction of sp³-hybridized carbons (Fsp3) is 0.455. The van der Waals surface area contributed by atoms with E-state index in [-0.39, 0.29) is 6.07 Å². The fourth-order valence-electron chi connectivity index (χ4n) is 1.99. The first kappa shape index (κ1) is 12.2. The lowest BCUT2D eigenvalue weighted by Crippen LogP contribution is -2.29. The molecule has 17 heavy (non-hydrogen) atoms. The smallest absolute Gasteiger partial charge is 0.185 e. The molecule has 0 aromatic heterocycles. The first-order valence-electron chi connectivity index (χ1n) is 5.28. The van der Waals surface area contributed by atoms with E-state index in [2.05, 4.69) is 5.32 Å². The molecule has 0 heterocycles. The molecule has 0 bridgehead atoms. The van der Waals surface area contributed by atoms with Crippen LogP contribution in [0.15, 0.2) is 6.07 Å². The van der Waals surface area contributed by atoms with E-state index >= 15 is 0 Å². The number of rotatable bonds is 2. The molecule has 0 aliphatic heterocycles. The van der Waals surface area contributed by atoms with Crippen molar-refractivity contribution in [3.63, 3.8) is 0 Å². The first-order valence-corrected chi connectivity index (χ1v) is 5.28. The average Bonchev–Trinajstić information content (AvgIpc) is 2.68. The van der Waals surface area contributed by atoms with Crippen molar-refractivity contribution in [1.82, 2.24) is 0 Å². The molecule has 1 saturated carbocycles. The second-order valence-corrected chi connectivity index (χ2v) is 4.09. The molecule has 0 amide bonds. The lowest BCUT2D eigenvalue weighted by atomic mass is 10.2. The normalized spacial score (nSPS) is 24.1. The highest BCUT2D eigenvalue weighted by molar-refractivity contribution is 5.48. The maximum absolute atomic E-state index is 13.3. The molecular weight excluding hydrogens is 238 g/mol. The Morgan fingerprint density at radius 1 is 1.06 bits per heavy atom. The molecule has 0 unspecified atom stereocenters. The Balaban J connectivity index is 2.31. The third kappa shape index (κ3) is 2.22. The quantitative estimate of drug-likeness (QED) is 0.623. The molecule has 1 aliphatic rings. The standard InChI is InChI=1S/C11H11F4NO/c12-5-4-6(13)10(15)11(9(5)14)16-7-2-1-3-8(7)17/h4,7-8,16-17H,1-3H2/t7-,8-/m1/s1. The largest absolute Gasteiger partial charge is 0.391 e. The molecule has 0 spiro atoms. The monoisotopic (exact) mass is 249 g/mol. The van der Waals surface area contributed by atoms with Crippen LogP contribution in [-0.4, -0.2) is 17.3 Å². The van der Waals surface area contributed by atoms with E-state index in [1.165, 1.54) is 0 Å². The summed E-state index contributed by atoms with van der Waals surface area (Å²) in [6, 6.07) is -0.429. The summed E-state index contributed by atoms with van der Waals surface area (Å²) in [5.41, 5.74) is -0.853. The molecule has 94 valence electrons. The van der Waals surface area contributed by atoms with Crippen molar-refractivity contribution in [3.8, 4) is 0 Å². The summed E-state index contributed by atoms with van der Waals surface area (Å²) in [4.78, 5) is 0. The number of nitrogens with one attached hydrogen (secondary N) is 1. The van der Waals surface area contributed by atoms with Gasteiger partial charge in [-0.15, -0.1) is 0 Å². The summed E-state index contributed by atoms with van der Waals surface area (Å²) in [5.74, 6) is -5.86. The number of hydrogen-bond donors (Lipinski definition) is 2. The molecule has 1 fully saturated rings. The van der Waals surface area contributed by atoms with Crippen LogP contribution in [0.25, 0.3) is 0 Å². The molecule has 1 aliphatic carbocycles. The number of hydrogen-bond acceptors (Lipinski definition) is 2. The Morgan fingerprint density at radius 3 is 2.12 bits per heavy atom. The Bertz CT molecular complexity index is 412. The summed E-state index contributed by atoms with van der Waals surface area (Å²) in [7, 11) is 0. The maximum Gasteiger partial charge on any atom is 0.185 e. The van der Waals surface area contributed by atoms with Crippen molar-refractivity contribution >= 4 is 5.69 Å². The van der Waals surface area contributed by atoms with Gasteiger partial charge in [-0.25, -0.2) is 17.6 Å². The van der Waals surface area contributed by atoms with E-state index in [1.807, 2.05) is 0 Å². The Morgan fingerprint density at radius 2 is 1.65 bits per heavy atom. The van der Waals surface area contributed by atoms with Crippen molar-refractivity contribution in [2.24, 2.45) is 0 Å². The van der Waals surface area contributed by atoms with Gasteiger partial charge in [0.05, 0.1) is 12.1 Å². The molecule has 1 aromatic carbocycles. The summed E-state index contributed by atoms with van der Waals surface area (Å²) in [5, 5.41) is 11.8. The summed E-state index contributed by atoms with van der Waals surface area (Å²) >= 11 is 0. The molecule has 2 nitrogen and oxygen atoms in total. The highest BCUT2D eigenvalue weighted by Gasteiger charge is 2.28. The van der Waals surface area contributed by atoms with Gasteiger partial charge in [-0.05, 0) is 19.3 Å². The topological polar surface area (TPSA) is 32.3 Å². The van der Waals surface area contributed by atoms with E-state index in [1.54, 1.807) is 0 Å². The predicted octanol–water partition coefficient (Wildman–Crippen LogP) is 2.57. The van der Waals surface area contributed by atoms with Crippen molar-refractivity contribution in [1.29, 1.82) is 0 Å². The van der Waals surface area contributed by atoms with Crippen LogP contribution >= 0.6 is 0 Å². The summed E-state index contributed by atoms with van der Waals surface area (Å²) in [6.45, 7) is 0. The van der Waals surface area contributed by atoms with Crippen molar-refractivity contribution < 1.29 is 22.7 Å². The molecule has 0 saturated heterocycles. The zero-order chi connectivity index (χ0) is 12.6. The van der Waals surface area contributed by atoms with E-state index in [9.17, 15) is 22.7 Å². The number of anilines is 1. The highest BCUT2D eigenvalue weighted by atomic mass is 19.2. The van der Waals surface area contributed by atoms with Gasteiger partial charge in [-0.2, -0.15) is 0 Å². The Labute approximate surface area is 95.3 Å². The number of aliphatic hydroxyl groups is 1. The van der Waals surface area contributed by atoms with Crippen molar-refractivity contribution in [2.75, 3.05) is 5.32 Å². The highest BCUT2D eigenvalue weighted by Crippen LogP contribution is 2.28. The Hall–Kier alpha value is -1.30. The lowest BCUT2D eigenvalue weighted by Gasteiger charge is -2.19. The maximum atomic E-state index is 13.3. The third-order valence-corrected chi connectivity index (χ3v) is 2.92. The van der Waals surface area contributed by atoms with Crippen LogP contribution in [0.2, 0.25) is 0 Å². The fourth-order valence-corrected chi connectivity index (χ4v) is 1.99. The average molecular weight is 249 g/mol. The van der Waals surface area contributed by atoms with E-state index in [4.69, 9.17) is 0 Å². The SMILES string of the molecule is O[C@@H]1CCC[C@H]1Nc1c(F)c(F)cc(F)c1F. The van der Waals surface area contributed by atoms with Gasteiger partial charge in [0.1, 0.15) is 5.69 Å². The Kier molecular flexibility index (Phi) is 3.24. The van der Waals surface area contributed by atoms with E-state index in [0.717, 1.165) is 0 Å². The molecule has 6 heteroatoms. The zero-order valence-corrected chi connectivity index (χ0v) is 8.81. The predicted molar refractivity (Wildman–Crippen MR) is 53.5 cm³/mol. The van der Waals surface area contributed by atoms with Gasteiger partial charge in [0.2, 0.25) is 0 Å². The van der Waals surface area contributed by atoms with Crippen LogP contribution in [0.1, 0.15) is 19.3 Å². The summed E-state index contributed by atoms with van der Waals surface area (Å²) in [6.07, 6.45) is 0.927. The van der Waals surface area contributed by atoms with Gasteiger partial charge in [0.15, 0.2) is 23.3 Å². The minimum Gasteiger partial charge on any atom is -0.391 e. The lowest BCUT2D eigenvalue weighted by molar-refractivity contribution is 0.171. The summed E-state index contributed by atoms with van der Waals surface area (Å²) < 4.78 is 52.4. The van der Waals surface area contributed by atoms with Crippen LogP contribution in [0.4, 0.5) is 23.2 Å². The number of benzene rings is 1.